The summed E-state index contributed by atoms with van der Waals surface area (Å²) in [5.74, 6) is -3.24. The molecule has 0 heterocycles. The highest BCUT2D eigenvalue weighted by Crippen LogP contribution is 2.48. The van der Waals surface area contributed by atoms with Gasteiger partial charge in [-0.1, -0.05) is 72.8 Å². The van der Waals surface area contributed by atoms with Gasteiger partial charge in [0.15, 0.2) is 11.6 Å². The zero-order chi connectivity index (χ0) is 24.3. The molecule has 0 spiro atoms. The van der Waals surface area contributed by atoms with Crippen molar-refractivity contribution in [3.05, 3.63) is 102 Å². The highest BCUT2D eigenvalue weighted by molar-refractivity contribution is 6.13. The van der Waals surface area contributed by atoms with E-state index in [1.165, 1.54) is 6.92 Å². The molecule has 1 saturated carbocycles. The average Bonchev–Trinajstić information content (AvgIpc) is 2.84. The van der Waals surface area contributed by atoms with Crippen molar-refractivity contribution in [2.24, 2.45) is 11.8 Å². The van der Waals surface area contributed by atoms with Crippen LogP contribution in [0.2, 0.25) is 0 Å². The summed E-state index contributed by atoms with van der Waals surface area (Å²) in [6, 6.07) is 24.4. The van der Waals surface area contributed by atoms with E-state index in [4.69, 9.17) is 4.74 Å². The Kier molecular flexibility index (Phi) is 6.75. The van der Waals surface area contributed by atoms with E-state index >= 15 is 0 Å². The van der Waals surface area contributed by atoms with E-state index in [0.717, 1.165) is 0 Å². The predicted octanol–water partition coefficient (Wildman–Crippen LogP) is 4.89. The second kappa shape index (κ2) is 9.74. The molecule has 174 valence electrons. The van der Waals surface area contributed by atoms with Crippen LogP contribution in [0.3, 0.4) is 0 Å². The molecule has 0 aromatic heterocycles. The first kappa shape index (κ1) is 23.6. The summed E-state index contributed by atoms with van der Waals surface area (Å²) < 4.78 is 5.55. The van der Waals surface area contributed by atoms with Gasteiger partial charge in [0.05, 0.1) is 24.0 Å². The molecule has 0 saturated heterocycles. The molecule has 1 aliphatic carbocycles. The molecule has 3 aromatic rings. The number of ketones is 3. The lowest BCUT2D eigenvalue weighted by Gasteiger charge is -2.45. The molecule has 0 amide bonds. The van der Waals surface area contributed by atoms with Gasteiger partial charge in [-0.05, 0) is 31.5 Å². The van der Waals surface area contributed by atoms with Crippen LogP contribution in [-0.4, -0.2) is 34.7 Å². The van der Waals surface area contributed by atoms with E-state index in [1.54, 1.807) is 78.9 Å². The number of ether oxygens (including phenoxy) is 1. The molecule has 1 fully saturated rings. The third-order valence-electron chi connectivity index (χ3n) is 6.52. The lowest BCUT2D eigenvalue weighted by Crippen LogP contribution is -2.54. The number of hydrogen-bond acceptors (Lipinski definition) is 5. The molecule has 34 heavy (non-hydrogen) atoms. The average molecular weight is 457 g/mol. The fraction of sp³-hybridized carbons (Fsp3) is 0.276. The van der Waals surface area contributed by atoms with Crippen LogP contribution < -0.4 is 4.74 Å². The first-order valence-electron chi connectivity index (χ1n) is 11.5. The highest BCUT2D eigenvalue weighted by Gasteiger charge is 2.55. The maximum atomic E-state index is 13.8. The standard InChI is InChI=1S/C29H28O5/c1-3-34-22-16-14-19(15-17-22)24-25(27(31)20-10-6-4-7-11-20)23(30)18-29(2,33)26(24)28(32)21-12-8-5-9-13-21/h4-17,24-26,33H,3,18H2,1-2H3/t24-,25-,26-,29+/m1/s1. The quantitative estimate of drug-likeness (QED) is 0.404. The molecule has 0 radical (unpaired) electrons. The van der Waals surface area contributed by atoms with Gasteiger partial charge in [-0.15, -0.1) is 0 Å². The summed E-state index contributed by atoms with van der Waals surface area (Å²) in [5, 5.41) is 11.4. The molecule has 0 unspecified atom stereocenters. The van der Waals surface area contributed by atoms with Crippen LogP contribution in [0.25, 0.3) is 0 Å². The fourth-order valence-electron chi connectivity index (χ4n) is 5.01. The maximum absolute atomic E-state index is 13.8. The van der Waals surface area contributed by atoms with Crippen LogP contribution >= 0.6 is 0 Å². The predicted molar refractivity (Wildman–Crippen MR) is 129 cm³/mol. The summed E-state index contributed by atoms with van der Waals surface area (Å²) >= 11 is 0. The zero-order valence-corrected chi connectivity index (χ0v) is 19.3. The molecular formula is C29H28O5. The van der Waals surface area contributed by atoms with Gasteiger partial charge in [-0.2, -0.15) is 0 Å². The number of aliphatic hydroxyl groups is 1. The Hall–Kier alpha value is -3.57. The SMILES string of the molecule is CCOc1ccc([C@@H]2[C@H](C(=O)c3ccccc3)C(=O)C[C@](C)(O)[C@H]2C(=O)c2ccccc2)cc1. The lowest BCUT2D eigenvalue weighted by atomic mass is 9.58. The van der Waals surface area contributed by atoms with E-state index in [-0.39, 0.29) is 23.8 Å². The summed E-state index contributed by atoms with van der Waals surface area (Å²) in [6.07, 6.45) is -0.271. The molecule has 5 heteroatoms. The normalized spacial score (nSPS) is 24.4. The number of rotatable bonds is 7. The summed E-state index contributed by atoms with van der Waals surface area (Å²) in [4.78, 5) is 40.8. The first-order chi connectivity index (χ1) is 16.3. The number of carbonyl (C=O) groups excluding carboxylic acids is 3. The number of hydrogen-bond donors (Lipinski definition) is 1. The fourth-order valence-corrected chi connectivity index (χ4v) is 5.01. The van der Waals surface area contributed by atoms with Crippen LogP contribution in [0.15, 0.2) is 84.9 Å². The Morgan fingerprint density at radius 2 is 1.41 bits per heavy atom. The van der Waals surface area contributed by atoms with E-state index in [0.29, 0.717) is 29.0 Å². The molecule has 1 N–H and O–H groups in total. The summed E-state index contributed by atoms with van der Waals surface area (Å²) in [7, 11) is 0. The molecule has 5 nitrogen and oxygen atoms in total. The van der Waals surface area contributed by atoms with Crippen molar-refractivity contribution in [3.63, 3.8) is 0 Å². The minimum absolute atomic E-state index is 0.271. The Morgan fingerprint density at radius 3 is 1.94 bits per heavy atom. The topological polar surface area (TPSA) is 80.7 Å². The van der Waals surface area contributed by atoms with Gasteiger partial charge in [0.25, 0.3) is 0 Å². The van der Waals surface area contributed by atoms with Crippen molar-refractivity contribution < 1.29 is 24.2 Å². The van der Waals surface area contributed by atoms with Crippen molar-refractivity contribution in [2.75, 3.05) is 6.61 Å². The maximum Gasteiger partial charge on any atom is 0.173 e. The lowest BCUT2D eigenvalue weighted by molar-refractivity contribution is -0.134. The second-order valence-electron chi connectivity index (χ2n) is 8.94. The van der Waals surface area contributed by atoms with Gasteiger partial charge < -0.3 is 9.84 Å². The van der Waals surface area contributed by atoms with E-state index in [9.17, 15) is 19.5 Å². The number of carbonyl (C=O) groups is 3. The molecule has 4 rings (SSSR count). The van der Waals surface area contributed by atoms with Crippen molar-refractivity contribution in [1.82, 2.24) is 0 Å². The second-order valence-corrected chi connectivity index (χ2v) is 8.94. The van der Waals surface area contributed by atoms with E-state index in [1.807, 2.05) is 13.0 Å². The van der Waals surface area contributed by atoms with Crippen molar-refractivity contribution in [3.8, 4) is 5.75 Å². The van der Waals surface area contributed by atoms with E-state index < -0.39 is 23.4 Å². The largest absolute Gasteiger partial charge is 0.494 e. The van der Waals surface area contributed by atoms with Crippen LogP contribution in [0.5, 0.6) is 5.75 Å². The van der Waals surface area contributed by atoms with E-state index in [2.05, 4.69) is 0 Å². The van der Waals surface area contributed by atoms with Crippen LogP contribution in [0.1, 0.15) is 52.5 Å². The molecule has 0 aliphatic heterocycles. The summed E-state index contributed by atoms with van der Waals surface area (Å²) in [5.41, 5.74) is -0.130. The van der Waals surface area contributed by atoms with Gasteiger partial charge in [0, 0.05) is 23.5 Å². The van der Waals surface area contributed by atoms with Gasteiger partial charge >= 0.3 is 0 Å². The minimum Gasteiger partial charge on any atom is -0.494 e. The molecule has 1 aliphatic rings. The van der Waals surface area contributed by atoms with Gasteiger partial charge in [-0.3, -0.25) is 14.4 Å². The molecule has 4 atom stereocenters. The van der Waals surface area contributed by atoms with Crippen LogP contribution in [-0.2, 0) is 4.79 Å². The number of Topliss-reactive ketones (excluding diaryl/α,β-unsaturated/α-hetero) is 3. The number of benzene rings is 3. The minimum atomic E-state index is -1.61. The monoisotopic (exact) mass is 456 g/mol. The Bertz CT molecular complexity index is 1170. The van der Waals surface area contributed by atoms with Gasteiger partial charge in [-0.25, -0.2) is 0 Å². The Balaban J connectivity index is 1.86. The van der Waals surface area contributed by atoms with Gasteiger partial charge in [0.2, 0.25) is 0 Å². The Morgan fingerprint density at radius 1 is 0.882 bits per heavy atom. The molecule has 0 bridgehead atoms. The highest BCUT2D eigenvalue weighted by atomic mass is 16.5. The Labute approximate surface area is 199 Å². The van der Waals surface area contributed by atoms with Crippen LogP contribution in [0.4, 0.5) is 0 Å². The van der Waals surface area contributed by atoms with Crippen molar-refractivity contribution in [2.45, 2.75) is 31.8 Å². The first-order valence-corrected chi connectivity index (χ1v) is 11.5. The molecule has 3 aromatic carbocycles. The van der Waals surface area contributed by atoms with Crippen molar-refractivity contribution in [1.29, 1.82) is 0 Å². The van der Waals surface area contributed by atoms with Crippen LogP contribution in [0, 0.1) is 11.8 Å². The summed E-state index contributed by atoms with van der Waals surface area (Å²) in [6.45, 7) is 3.90. The third kappa shape index (κ3) is 4.57. The smallest absolute Gasteiger partial charge is 0.173 e. The molecular weight excluding hydrogens is 428 g/mol. The third-order valence-corrected chi connectivity index (χ3v) is 6.52. The van der Waals surface area contributed by atoms with Gasteiger partial charge in [0.1, 0.15) is 11.5 Å². The van der Waals surface area contributed by atoms with Crippen molar-refractivity contribution >= 4 is 17.3 Å². The zero-order valence-electron chi connectivity index (χ0n) is 19.3.